The monoisotopic (exact) mass is 500 g/mol. The fraction of sp³-hybridized carbons (Fsp3) is 0.400. The predicted octanol–water partition coefficient (Wildman–Crippen LogP) is 4.08. The van der Waals surface area contributed by atoms with Crippen molar-refractivity contribution in [1.29, 1.82) is 0 Å². The van der Waals surface area contributed by atoms with Gasteiger partial charge < -0.3 is 24.8 Å². The molecule has 2 N–H and O–H groups in total. The number of aromatic nitrogens is 1. The van der Waals surface area contributed by atoms with E-state index in [9.17, 15) is 0 Å². The molecule has 0 saturated carbocycles. The van der Waals surface area contributed by atoms with Gasteiger partial charge in [-0.3, -0.25) is 4.99 Å². The van der Waals surface area contributed by atoms with Crippen LogP contribution in [0, 0.1) is 0 Å². The van der Waals surface area contributed by atoms with E-state index < -0.39 is 0 Å². The third-order valence-electron chi connectivity index (χ3n) is 3.56. The van der Waals surface area contributed by atoms with Crippen LogP contribution >= 0.6 is 24.0 Å². The van der Waals surface area contributed by atoms with Gasteiger partial charge >= 0.3 is 0 Å². The molecule has 1 aromatic heterocycles. The van der Waals surface area contributed by atoms with E-state index in [0.29, 0.717) is 36.5 Å². The first-order chi connectivity index (χ1) is 13.0. The van der Waals surface area contributed by atoms with E-state index in [1.165, 1.54) is 0 Å². The third kappa shape index (κ3) is 7.41. The summed E-state index contributed by atoms with van der Waals surface area (Å²) in [7, 11) is 3.34. The Kier molecular flexibility index (Phi) is 10.4. The van der Waals surface area contributed by atoms with Crippen molar-refractivity contribution in [3.05, 3.63) is 42.1 Å². The van der Waals surface area contributed by atoms with Crippen molar-refractivity contribution >= 4 is 35.6 Å². The number of anilines is 1. The van der Waals surface area contributed by atoms with Crippen LogP contribution in [0.25, 0.3) is 0 Å². The average molecular weight is 500 g/mol. The summed E-state index contributed by atoms with van der Waals surface area (Å²) >= 11 is 0. The van der Waals surface area contributed by atoms with Crippen LogP contribution in [0.4, 0.5) is 5.69 Å². The summed E-state index contributed by atoms with van der Waals surface area (Å²) in [5.41, 5.74) is 1.88. The van der Waals surface area contributed by atoms with Gasteiger partial charge in [0.25, 0.3) is 0 Å². The Hall–Kier alpha value is -2.23. The first-order valence-corrected chi connectivity index (χ1v) is 8.95. The van der Waals surface area contributed by atoms with Crippen LogP contribution in [0.2, 0.25) is 0 Å². The van der Waals surface area contributed by atoms with Crippen molar-refractivity contribution < 1.29 is 14.2 Å². The number of ether oxygens (including phenoxy) is 3. The summed E-state index contributed by atoms with van der Waals surface area (Å²) in [6, 6.07) is 9.50. The summed E-state index contributed by atoms with van der Waals surface area (Å²) in [4.78, 5) is 8.55. The van der Waals surface area contributed by atoms with Gasteiger partial charge in [-0.15, -0.1) is 24.0 Å². The van der Waals surface area contributed by atoms with Gasteiger partial charge in [-0.25, -0.2) is 4.98 Å². The summed E-state index contributed by atoms with van der Waals surface area (Å²) in [5, 5.41) is 6.50. The molecule has 154 valence electrons. The predicted molar refractivity (Wildman–Crippen MR) is 123 cm³/mol. The van der Waals surface area contributed by atoms with Crippen LogP contribution in [0.15, 0.2) is 41.5 Å². The molecule has 1 heterocycles. The lowest BCUT2D eigenvalue weighted by atomic mass is 10.2. The normalized spacial score (nSPS) is 10.9. The standard InChI is InChI=1S/C20H28N4O3.HI/c1-6-26-17-9-8-16(11-18(17)25-5)24-20(21-4)23-13-15-7-10-19(22-12-15)27-14(2)3;/h7-12,14H,6,13H2,1-5H3,(H2,21,23,24);1H. The number of nitrogens with one attached hydrogen (secondary N) is 2. The minimum atomic E-state index is 0. The second-order valence-electron chi connectivity index (χ2n) is 6.02. The van der Waals surface area contributed by atoms with Crippen molar-refractivity contribution in [1.82, 2.24) is 10.3 Å². The number of aliphatic imine (C=N–C) groups is 1. The zero-order valence-corrected chi connectivity index (χ0v) is 19.3. The van der Waals surface area contributed by atoms with E-state index in [4.69, 9.17) is 14.2 Å². The van der Waals surface area contributed by atoms with Gasteiger partial charge in [-0.05, 0) is 38.5 Å². The number of benzene rings is 1. The van der Waals surface area contributed by atoms with E-state index >= 15 is 0 Å². The van der Waals surface area contributed by atoms with E-state index in [2.05, 4.69) is 20.6 Å². The fourth-order valence-electron chi connectivity index (χ4n) is 2.35. The number of guanidine groups is 1. The molecule has 1 aromatic carbocycles. The SMILES string of the molecule is CCOc1ccc(NC(=NC)NCc2ccc(OC(C)C)nc2)cc1OC.I. The van der Waals surface area contributed by atoms with Crippen molar-refractivity contribution in [3.8, 4) is 17.4 Å². The number of methoxy groups -OCH3 is 1. The highest BCUT2D eigenvalue weighted by Crippen LogP contribution is 2.30. The smallest absolute Gasteiger partial charge is 0.213 e. The number of hydrogen-bond acceptors (Lipinski definition) is 5. The maximum Gasteiger partial charge on any atom is 0.213 e. The van der Waals surface area contributed by atoms with Crippen molar-refractivity contribution in [2.45, 2.75) is 33.4 Å². The van der Waals surface area contributed by atoms with Gasteiger partial charge in [0.1, 0.15) is 0 Å². The molecule has 2 rings (SSSR count). The van der Waals surface area contributed by atoms with Gasteiger partial charge in [0, 0.05) is 37.6 Å². The highest BCUT2D eigenvalue weighted by molar-refractivity contribution is 14.0. The highest BCUT2D eigenvalue weighted by Gasteiger charge is 2.07. The molecule has 8 heteroatoms. The lowest BCUT2D eigenvalue weighted by Crippen LogP contribution is -2.30. The fourth-order valence-corrected chi connectivity index (χ4v) is 2.35. The zero-order chi connectivity index (χ0) is 19.6. The maximum atomic E-state index is 5.55. The van der Waals surface area contributed by atoms with Gasteiger partial charge in [-0.1, -0.05) is 6.07 Å². The van der Waals surface area contributed by atoms with Gasteiger partial charge in [0.15, 0.2) is 17.5 Å². The molecular weight excluding hydrogens is 471 g/mol. The third-order valence-corrected chi connectivity index (χ3v) is 3.56. The molecule has 0 bridgehead atoms. The van der Waals surface area contributed by atoms with Gasteiger partial charge in [0.2, 0.25) is 5.88 Å². The molecule has 0 saturated heterocycles. The maximum absolute atomic E-state index is 5.55. The van der Waals surface area contributed by atoms with Crippen LogP contribution in [0.1, 0.15) is 26.3 Å². The van der Waals surface area contributed by atoms with Crippen LogP contribution in [0.3, 0.4) is 0 Å². The Morgan fingerprint density at radius 1 is 1.18 bits per heavy atom. The van der Waals surface area contributed by atoms with Crippen LogP contribution in [-0.2, 0) is 6.54 Å². The molecule has 0 atom stereocenters. The molecule has 28 heavy (non-hydrogen) atoms. The molecule has 2 aromatic rings. The average Bonchev–Trinajstić information content (AvgIpc) is 2.67. The zero-order valence-electron chi connectivity index (χ0n) is 17.0. The molecule has 0 spiro atoms. The van der Waals surface area contributed by atoms with Gasteiger partial charge in [0.05, 0.1) is 19.8 Å². The minimum Gasteiger partial charge on any atom is -0.493 e. The van der Waals surface area contributed by atoms with E-state index in [1.807, 2.05) is 51.1 Å². The topological polar surface area (TPSA) is 77.0 Å². The van der Waals surface area contributed by atoms with E-state index in [0.717, 1.165) is 11.3 Å². The van der Waals surface area contributed by atoms with Crippen molar-refractivity contribution in [3.63, 3.8) is 0 Å². The van der Waals surface area contributed by atoms with Crippen LogP contribution < -0.4 is 24.8 Å². The summed E-state index contributed by atoms with van der Waals surface area (Å²) < 4.78 is 16.5. The van der Waals surface area contributed by atoms with Crippen LogP contribution in [-0.4, -0.2) is 37.8 Å². The largest absolute Gasteiger partial charge is 0.493 e. The van der Waals surface area contributed by atoms with Gasteiger partial charge in [-0.2, -0.15) is 0 Å². The number of hydrogen-bond donors (Lipinski definition) is 2. The van der Waals surface area contributed by atoms with Crippen molar-refractivity contribution in [2.75, 3.05) is 26.1 Å². The molecule has 0 unspecified atom stereocenters. The number of halogens is 1. The Balaban J connectivity index is 0.00000392. The summed E-state index contributed by atoms with van der Waals surface area (Å²) in [6.45, 7) is 7.06. The Bertz CT molecular complexity index is 752. The molecule has 0 fully saturated rings. The van der Waals surface area contributed by atoms with E-state index in [1.54, 1.807) is 20.4 Å². The molecular formula is C20H29IN4O3. The van der Waals surface area contributed by atoms with E-state index in [-0.39, 0.29) is 30.1 Å². The molecule has 0 aliphatic heterocycles. The first kappa shape index (κ1) is 23.8. The molecule has 0 aliphatic carbocycles. The Morgan fingerprint density at radius 3 is 2.54 bits per heavy atom. The molecule has 0 aliphatic rings. The molecule has 7 nitrogen and oxygen atoms in total. The highest BCUT2D eigenvalue weighted by atomic mass is 127. The van der Waals surface area contributed by atoms with Crippen LogP contribution in [0.5, 0.6) is 17.4 Å². The summed E-state index contributed by atoms with van der Waals surface area (Å²) in [5.74, 6) is 2.65. The number of pyridine rings is 1. The summed E-state index contributed by atoms with van der Waals surface area (Å²) in [6.07, 6.45) is 1.90. The molecule has 0 radical (unpaired) electrons. The number of rotatable bonds is 8. The lowest BCUT2D eigenvalue weighted by Gasteiger charge is -2.15. The molecule has 0 amide bonds. The minimum absolute atomic E-state index is 0. The lowest BCUT2D eigenvalue weighted by molar-refractivity contribution is 0.232. The second-order valence-corrected chi connectivity index (χ2v) is 6.02. The van der Waals surface area contributed by atoms with Crippen molar-refractivity contribution in [2.24, 2.45) is 4.99 Å². The quantitative estimate of drug-likeness (QED) is 0.323. The second kappa shape index (κ2) is 12.3. The first-order valence-electron chi connectivity index (χ1n) is 8.95. The number of nitrogens with zero attached hydrogens (tertiary/aromatic N) is 2. The Labute approximate surface area is 183 Å². The Morgan fingerprint density at radius 2 is 1.96 bits per heavy atom.